The SMILES string of the molecule is CC(C(=O)Nc1ccc(C[C@@H]2CC[C@H]([C@H](O)c3ccccc3)C2)cc1)[n+]1cnc[nH]1. The van der Waals surface area contributed by atoms with E-state index >= 15 is 0 Å². The van der Waals surface area contributed by atoms with Gasteiger partial charge < -0.3 is 10.4 Å². The number of carbonyl (C=O) groups excluding carboxylic acids is 1. The Balaban J connectivity index is 1.29. The predicted molar refractivity (Wildman–Crippen MR) is 115 cm³/mol. The molecule has 30 heavy (non-hydrogen) atoms. The molecule has 0 bridgehead atoms. The van der Waals surface area contributed by atoms with Crippen molar-refractivity contribution in [2.24, 2.45) is 11.8 Å². The second kappa shape index (κ2) is 9.22. The summed E-state index contributed by atoms with van der Waals surface area (Å²) in [6.45, 7) is 1.82. The minimum atomic E-state index is -0.372. The molecule has 1 aromatic heterocycles. The highest BCUT2D eigenvalue weighted by Gasteiger charge is 2.30. The minimum Gasteiger partial charge on any atom is -0.388 e. The fraction of sp³-hybridized carbons (Fsp3) is 0.375. The van der Waals surface area contributed by atoms with E-state index in [1.165, 1.54) is 5.56 Å². The maximum absolute atomic E-state index is 12.4. The van der Waals surface area contributed by atoms with Gasteiger partial charge in [0.2, 0.25) is 6.33 Å². The van der Waals surface area contributed by atoms with Crippen molar-refractivity contribution in [1.29, 1.82) is 0 Å². The number of benzene rings is 2. The van der Waals surface area contributed by atoms with Crippen LogP contribution in [0.15, 0.2) is 67.3 Å². The molecule has 0 radical (unpaired) electrons. The van der Waals surface area contributed by atoms with Gasteiger partial charge in [-0.05, 0) is 72.7 Å². The molecule has 1 aliphatic carbocycles. The van der Waals surface area contributed by atoms with Crippen molar-refractivity contribution in [2.45, 2.75) is 44.8 Å². The largest absolute Gasteiger partial charge is 0.388 e. The highest BCUT2D eigenvalue weighted by Crippen LogP contribution is 2.40. The monoisotopic (exact) mass is 405 g/mol. The summed E-state index contributed by atoms with van der Waals surface area (Å²) in [4.78, 5) is 16.3. The van der Waals surface area contributed by atoms with Gasteiger partial charge in [0.05, 0.1) is 6.10 Å². The van der Waals surface area contributed by atoms with Crippen LogP contribution in [0.3, 0.4) is 0 Å². The lowest BCUT2D eigenvalue weighted by atomic mass is 9.91. The van der Waals surface area contributed by atoms with E-state index in [2.05, 4.69) is 27.5 Å². The first kappa shape index (κ1) is 20.3. The Kier molecular flexibility index (Phi) is 6.23. The van der Waals surface area contributed by atoms with E-state index in [-0.39, 0.29) is 18.1 Å². The molecule has 1 unspecified atom stereocenters. The maximum atomic E-state index is 12.4. The number of carbonyl (C=O) groups is 1. The van der Waals surface area contributed by atoms with Crippen LogP contribution in [0.4, 0.5) is 5.69 Å². The average molecular weight is 406 g/mol. The molecule has 1 heterocycles. The van der Waals surface area contributed by atoms with E-state index in [9.17, 15) is 9.90 Å². The van der Waals surface area contributed by atoms with Crippen molar-refractivity contribution >= 4 is 11.6 Å². The average Bonchev–Trinajstić information content (AvgIpc) is 3.47. The van der Waals surface area contributed by atoms with Crippen LogP contribution in [0.5, 0.6) is 0 Å². The number of nitrogens with one attached hydrogen (secondary N) is 2. The number of hydrogen-bond donors (Lipinski definition) is 3. The van der Waals surface area contributed by atoms with E-state index in [1.807, 2.05) is 49.4 Å². The molecule has 156 valence electrons. The smallest absolute Gasteiger partial charge is 0.307 e. The number of amides is 1. The second-order valence-electron chi connectivity index (χ2n) is 8.29. The number of rotatable bonds is 7. The lowest BCUT2D eigenvalue weighted by molar-refractivity contribution is -0.759. The number of anilines is 1. The first-order valence-corrected chi connectivity index (χ1v) is 10.6. The summed E-state index contributed by atoms with van der Waals surface area (Å²) in [5.41, 5.74) is 3.08. The summed E-state index contributed by atoms with van der Waals surface area (Å²) in [7, 11) is 0. The summed E-state index contributed by atoms with van der Waals surface area (Å²) in [5, 5.41) is 16.5. The molecule has 0 aliphatic heterocycles. The van der Waals surface area contributed by atoms with Crippen LogP contribution < -0.4 is 10.00 Å². The number of aromatic nitrogens is 3. The Hall–Kier alpha value is -2.99. The molecule has 1 fully saturated rings. The summed E-state index contributed by atoms with van der Waals surface area (Å²) in [5.74, 6) is 0.827. The van der Waals surface area contributed by atoms with Crippen LogP contribution in [-0.4, -0.2) is 21.1 Å². The van der Waals surface area contributed by atoms with Gasteiger partial charge in [0.15, 0.2) is 6.04 Å². The van der Waals surface area contributed by atoms with Crippen molar-refractivity contribution in [3.63, 3.8) is 0 Å². The molecule has 2 aromatic carbocycles. The van der Waals surface area contributed by atoms with E-state index in [0.717, 1.165) is 36.9 Å². The Morgan fingerprint density at radius 3 is 2.67 bits per heavy atom. The van der Waals surface area contributed by atoms with Gasteiger partial charge in [-0.15, -0.1) is 4.68 Å². The van der Waals surface area contributed by atoms with Crippen molar-refractivity contribution < 1.29 is 14.6 Å². The lowest BCUT2D eigenvalue weighted by Gasteiger charge is -2.19. The zero-order valence-electron chi connectivity index (χ0n) is 17.2. The van der Waals surface area contributed by atoms with Gasteiger partial charge in [-0.1, -0.05) is 42.5 Å². The fourth-order valence-electron chi connectivity index (χ4n) is 4.39. The molecule has 6 nitrogen and oxygen atoms in total. The number of aromatic amines is 1. The standard InChI is InChI=1S/C24H28N4O2/c1-17(28-16-25-15-26-28)24(30)27-22-11-8-18(9-12-22)13-19-7-10-21(14-19)23(29)20-5-3-2-4-6-20/h2-6,8-9,11-12,15-17,19,21,23,29H,7,10,13-14H2,1H3,(H,27,30)/p+1/t17?,19-,21-,23+/m0/s1. The second-order valence-corrected chi connectivity index (χ2v) is 8.29. The number of H-pyrrole nitrogens is 1. The molecule has 6 heteroatoms. The van der Waals surface area contributed by atoms with Crippen LogP contribution in [-0.2, 0) is 11.2 Å². The highest BCUT2D eigenvalue weighted by molar-refractivity contribution is 5.92. The van der Waals surface area contributed by atoms with Crippen LogP contribution in [0, 0.1) is 11.8 Å². The molecule has 1 saturated carbocycles. The molecule has 1 amide bonds. The van der Waals surface area contributed by atoms with Gasteiger partial charge in [-0.2, -0.15) is 5.10 Å². The highest BCUT2D eigenvalue weighted by atomic mass is 16.3. The molecular weight excluding hydrogens is 376 g/mol. The third-order valence-corrected chi connectivity index (χ3v) is 6.18. The number of nitrogens with zero attached hydrogens (tertiary/aromatic N) is 2. The van der Waals surface area contributed by atoms with Crippen molar-refractivity contribution in [2.75, 3.05) is 5.32 Å². The first-order chi connectivity index (χ1) is 14.6. The lowest BCUT2D eigenvalue weighted by Crippen LogP contribution is -2.45. The first-order valence-electron chi connectivity index (χ1n) is 10.6. The van der Waals surface area contributed by atoms with Gasteiger partial charge in [-0.3, -0.25) is 4.79 Å². The van der Waals surface area contributed by atoms with E-state index < -0.39 is 0 Å². The van der Waals surface area contributed by atoms with Crippen LogP contribution in [0.2, 0.25) is 0 Å². The summed E-state index contributed by atoms with van der Waals surface area (Å²) in [6.07, 6.45) is 7.04. The number of hydrogen-bond acceptors (Lipinski definition) is 3. The Labute approximate surface area is 177 Å². The third kappa shape index (κ3) is 4.76. The Morgan fingerprint density at radius 2 is 1.97 bits per heavy atom. The maximum Gasteiger partial charge on any atom is 0.307 e. The fourth-order valence-corrected chi connectivity index (χ4v) is 4.39. The third-order valence-electron chi connectivity index (χ3n) is 6.18. The van der Waals surface area contributed by atoms with Gasteiger partial charge in [0.25, 0.3) is 5.91 Å². The summed E-state index contributed by atoms with van der Waals surface area (Å²) < 4.78 is 1.66. The van der Waals surface area contributed by atoms with Gasteiger partial charge >= 0.3 is 6.33 Å². The van der Waals surface area contributed by atoms with Crippen LogP contribution in [0.1, 0.15) is 49.5 Å². The Morgan fingerprint density at radius 1 is 1.20 bits per heavy atom. The van der Waals surface area contributed by atoms with Crippen molar-refractivity contribution in [3.8, 4) is 0 Å². The van der Waals surface area contributed by atoms with Gasteiger partial charge in [0, 0.05) is 5.69 Å². The van der Waals surface area contributed by atoms with E-state index in [1.54, 1.807) is 17.3 Å². The molecule has 4 rings (SSSR count). The number of aliphatic hydroxyl groups is 1. The number of aliphatic hydroxyl groups excluding tert-OH is 1. The van der Waals surface area contributed by atoms with Gasteiger partial charge in [0.1, 0.15) is 0 Å². The van der Waals surface area contributed by atoms with Crippen LogP contribution in [0.25, 0.3) is 0 Å². The summed E-state index contributed by atoms with van der Waals surface area (Å²) >= 11 is 0. The van der Waals surface area contributed by atoms with E-state index in [4.69, 9.17) is 0 Å². The zero-order valence-corrected chi connectivity index (χ0v) is 17.2. The van der Waals surface area contributed by atoms with Crippen LogP contribution >= 0.6 is 0 Å². The molecule has 0 saturated heterocycles. The minimum absolute atomic E-state index is 0.0921. The molecule has 4 atom stereocenters. The molecule has 3 N–H and O–H groups in total. The van der Waals surface area contributed by atoms with Crippen molar-refractivity contribution in [1.82, 2.24) is 10.1 Å². The molecule has 3 aromatic rings. The molecular formula is C24H29N4O2+. The Bertz CT molecular complexity index is 941. The molecule has 0 spiro atoms. The molecule has 1 aliphatic rings. The van der Waals surface area contributed by atoms with Gasteiger partial charge in [-0.25, -0.2) is 0 Å². The van der Waals surface area contributed by atoms with E-state index in [0.29, 0.717) is 11.8 Å². The topological polar surface area (TPSA) is 81.9 Å². The normalized spacial score (nSPS) is 20.6. The predicted octanol–water partition coefficient (Wildman–Crippen LogP) is 3.59. The zero-order chi connectivity index (χ0) is 20.9. The van der Waals surface area contributed by atoms with Crippen molar-refractivity contribution in [3.05, 3.63) is 78.4 Å². The summed E-state index contributed by atoms with van der Waals surface area (Å²) in [6, 6.07) is 17.7. The quantitative estimate of drug-likeness (QED) is 0.526.